The van der Waals surface area contributed by atoms with Crippen molar-refractivity contribution < 1.29 is 4.79 Å². The third-order valence-corrected chi connectivity index (χ3v) is 3.85. The molecular weight excluding hydrogens is 336 g/mol. The number of anilines is 2. The van der Waals surface area contributed by atoms with Crippen LogP contribution in [0.25, 0.3) is 0 Å². The van der Waals surface area contributed by atoms with E-state index in [1.54, 1.807) is 30.5 Å². The zero-order valence-electron chi connectivity index (χ0n) is 13.7. The van der Waals surface area contributed by atoms with Crippen LogP contribution in [0.2, 0.25) is 5.02 Å². The molecule has 0 aliphatic carbocycles. The quantitative estimate of drug-likeness (QED) is 0.718. The molecule has 3 rings (SSSR count). The Kier molecular flexibility index (Phi) is 5.26. The van der Waals surface area contributed by atoms with Crippen LogP contribution in [0.5, 0.6) is 0 Å². The minimum absolute atomic E-state index is 0.292. The zero-order chi connectivity index (χ0) is 17.6. The molecule has 0 saturated carbocycles. The Morgan fingerprint density at radius 1 is 1.12 bits per heavy atom. The van der Waals surface area contributed by atoms with Gasteiger partial charge in [-0.05, 0) is 42.3 Å². The van der Waals surface area contributed by atoms with E-state index in [4.69, 9.17) is 11.6 Å². The molecule has 5 nitrogen and oxygen atoms in total. The van der Waals surface area contributed by atoms with Crippen LogP contribution in [0.4, 0.5) is 11.6 Å². The first-order valence-electron chi connectivity index (χ1n) is 7.80. The number of nitrogens with zero attached hydrogens (tertiary/aromatic N) is 2. The van der Waals surface area contributed by atoms with Crippen molar-refractivity contribution in [1.82, 2.24) is 9.97 Å². The molecule has 2 aromatic carbocycles. The Labute approximate surface area is 151 Å². The van der Waals surface area contributed by atoms with Gasteiger partial charge in [-0.15, -0.1) is 0 Å². The molecule has 0 atom stereocenters. The highest BCUT2D eigenvalue weighted by Gasteiger charge is 2.10. The van der Waals surface area contributed by atoms with E-state index in [0.29, 0.717) is 28.9 Å². The van der Waals surface area contributed by atoms with Crippen molar-refractivity contribution in [3.8, 4) is 0 Å². The molecule has 1 amide bonds. The number of carbonyl (C=O) groups excluding carboxylic acids is 1. The van der Waals surface area contributed by atoms with Gasteiger partial charge in [0.15, 0.2) is 0 Å². The number of amides is 1. The van der Waals surface area contributed by atoms with Crippen molar-refractivity contribution in [2.24, 2.45) is 0 Å². The number of benzene rings is 2. The van der Waals surface area contributed by atoms with Gasteiger partial charge < -0.3 is 10.6 Å². The van der Waals surface area contributed by atoms with Crippen LogP contribution in [-0.2, 0) is 6.54 Å². The zero-order valence-corrected chi connectivity index (χ0v) is 14.4. The average Bonchev–Trinajstić information content (AvgIpc) is 2.63. The van der Waals surface area contributed by atoms with Crippen LogP contribution < -0.4 is 10.6 Å². The summed E-state index contributed by atoms with van der Waals surface area (Å²) in [6, 6.07) is 16.8. The number of hydrogen-bond acceptors (Lipinski definition) is 4. The maximum Gasteiger partial charge on any atom is 0.274 e. The van der Waals surface area contributed by atoms with E-state index in [9.17, 15) is 4.79 Å². The molecule has 1 heterocycles. The van der Waals surface area contributed by atoms with Gasteiger partial charge in [-0.1, -0.05) is 41.9 Å². The Balaban J connectivity index is 1.69. The van der Waals surface area contributed by atoms with Gasteiger partial charge in [0.1, 0.15) is 5.69 Å². The van der Waals surface area contributed by atoms with Crippen LogP contribution in [0, 0.1) is 6.92 Å². The third-order valence-electron chi connectivity index (χ3n) is 3.62. The second kappa shape index (κ2) is 7.77. The van der Waals surface area contributed by atoms with Gasteiger partial charge in [0.05, 0.1) is 0 Å². The lowest BCUT2D eigenvalue weighted by atomic mass is 10.2. The molecule has 0 bridgehead atoms. The number of rotatable bonds is 5. The summed E-state index contributed by atoms with van der Waals surface area (Å²) in [4.78, 5) is 20.8. The predicted octanol–water partition coefficient (Wildman–Crippen LogP) is 4.30. The van der Waals surface area contributed by atoms with Crippen molar-refractivity contribution in [3.05, 3.63) is 82.6 Å². The Morgan fingerprint density at radius 2 is 1.92 bits per heavy atom. The Hall–Kier alpha value is -2.92. The summed E-state index contributed by atoms with van der Waals surface area (Å²) in [6.07, 6.45) is 1.56. The van der Waals surface area contributed by atoms with Crippen molar-refractivity contribution in [2.75, 3.05) is 10.6 Å². The van der Waals surface area contributed by atoms with Gasteiger partial charge in [-0.2, -0.15) is 0 Å². The monoisotopic (exact) mass is 352 g/mol. The van der Waals surface area contributed by atoms with E-state index >= 15 is 0 Å². The molecule has 3 aromatic rings. The summed E-state index contributed by atoms with van der Waals surface area (Å²) in [7, 11) is 0. The topological polar surface area (TPSA) is 66.9 Å². The van der Waals surface area contributed by atoms with Crippen molar-refractivity contribution >= 4 is 29.1 Å². The molecule has 6 heteroatoms. The van der Waals surface area contributed by atoms with Gasteiger partial charge in [-0.25, -0.2) is 9.97 Å². The molecule has 0 radical (unpaired) electrons. The largest absolute Gasteiger partial charge is 0.350 e. The molecule has 2 N–H and O–H groups in total. The number of aryl methyl sites for hydroxylation is 1. The molecule has 0 spiro atoms. The molecule has 0 fully saturated rings. The van der Waals surface area contributed by atoms with E-state index in [-0.39, 0.29) is 5.91 Å². The lowest BCUT2D eigenvalue weighted by Gasteiger charge is -2.09. The molecule has 25 heavy (non-hydrogen) atoms. The van der Waals surface area contributed by atoms with Crippen molar-refractivity contribution in [3.63, 3.8) is 0 Å². The van der Waals surface area contributed by atoms with E-state index in [0.717, 1.165) is 11.1 Å². The van der Waals surface area contributed by atoms with Crippen molar-refractivity contribution in [2.45, 2.75) is 13.5 Å². The normalized spacial score (nSPS) is 10.3. The van der Waals surface area contributed by atoms with Crippen LogP contribution >= 0.6 is 11.6 Å². The second-order valence-electron chi connectivity index (χ2n) is 5.52. The fourth-order valence-electron chi connectivity index (χ4n) is 2.30. The van der Waals surface area contributed by atoms with E-state index in [2.05, 4.69) is 20.6 Å². The second-order valence-corrected chi connectivity index (χ2v) is 5.95. The molecular formula is C19H17ClN4O. The minimum atomic E-state index is -0.296. The summed E-state index contributed by atoms with van der Waals surface area (Å²) in [6.45, 7) is 2.47. The standard InChI is InChI=1S/C19H17ClN4O/c1-13-11-15(20)7-8-16(13)23-18(25)17-9-10-21-19(24-17)22-12-14-5-3-2-4-6-14/h2-11H,12H2,1H3,(H,23,25)(H,21,22,24). The maximum atomic E-state index is 12.4. The van der Waals surface area contributed by atoms with E-state index < -0.39 is 0 Å². The van der Waals surface area contributed by atoms with Gasteiger partial charge in [-0.3, -0.25) is 4.79 Å². The van der Waals surface area contributed by atoms with Gasteiger partial charge in [0, 0.05) is 23.5 Å². The SMILES string of the molecule is Cc1cc(Cl)ccc1NC(=O)c1ccnc(NCc2ccccc2)n1. The highest BCUT2D eigenvalue weighted by Crippen LogP contribution is 2.20. The third kappa shape index (κ3) is 4.55. The summed E-state index contributed by atoms with van der Waals surface area (Å²) < 4.78 is 0. The molecule has 1 aromatic heterocycles. The van der Waals surface area contributed by atoms with E-state index in [1.807, 2.05) is 37.3 Å². The Morgan fingerprint density at radius 3 is 2.68 bits per heavy atom. The van der Waals surface area contributed by atoms with Crippen LogP contribution in [-0.4, -0.2) is 15.9 Å². The van der Waals surface area contributed by atoms with Gasteiger partial charge >= 0.3 is 0 Å². The molecule has 126 valence electrons. The van der Waals surface area contributed by atoms with Crippen LogP contribution in [0.3, 0.4) is 0 Å². The molecule has 0 aliphatic rings. The number of carbonyl (C=O) groups is 1. The number of aromatic nitrogens is 2. The van der Waals surface area contributed by atoms with Crippen molar-refractivity contribution in [1.29, 1.82) is 0 Å². The number of nitrogens with one attached hydrogen (secondary N) is 2. The van der Waals surface area contributed by atoms with Gasteiger partial charge in [0.2, 0.25) is 5.95 Å². The first kappa shape index (κ1) is 16.9. The summed E-state index contributed by atoms with van der Waals surface area (Å²) in [5, 5.41) is 6.59. The molecule has 0 saturated heterocycles. The number of hydrogen-bond donors (Lipinski definition) is 2. The first-order valence-corrected chi connectivity index (χ1v) is 8.18. The fraction of sp³-hybridized carbons (Fsp3) is 0.105. The average molecular weight is 353 g/mol. The lowest BCUT2D eigenvalue weighted by Crippen LogP contribution is -2.16. The molecule has 0 unspecified atom stereocenters. The fourth-order valence-corrected chi connectivity index (χ4v) is 2.53. The summed E-state index contributed by atoms with van der Waals surface area (Å²) in [5.41, 5.74) is 2.99. The predicted molar refractivity (Wildman–Crippen MR) is 99.9 cm³/mol. The highest BCUT2D eigenvalue weighted by atomic mass is 35.5. The van der Waals surface area contributed by atoms with Crippen LogP contribution in [0.15, 0.2) is 60.8 Å². The lowest BCUT2D eigenvalue weighted by molar-refractivity contribution is 0.102. The summed E-state index contributed by atoms with van der Waals surface area (Å²) >= 11 is 5.93. The smallest absolute Gasteiger partial charge is 0.274 e. The summed E-state index contributed by atoms with van der Waals surface area (Å²) in [5.74, 6) is 0.111. The number of halogens is 1. The Bertz CT molecular complexity index is 884. The minimum Gasteiger partial charge on any atom is -0.350 e. The van der Waals surface area contributed by atoms with E-state index in [1.165, 1.54) is 0 Å². The van der Waals surface area contributed by atoms with Crippen LogP contribution in [0.1, 0.15) is 21.6 Å². The maximum absolute atomic E-state index is 12.4. The highest BCUT2D eigenvalue weighted by molar-refractivity contribution is 6.30. The molecule has 0 aliphatic heterocycles. The first-order chi connectivity index (χ1) is 12.1. The van der Waals surface area contributed by atoms with Gasteiger partial charge in [0.25, 0.3) is 5.91 Å².